The Kier molecular flexibility index (Phi) is 3.98. The van der Waals surface area contributed by atoms with E-state index >= 15 is 0 Å². The maximum absolute atomic E-state index is 13.0. The lowest BCUT2D eigenvalue weighted by molar-refractivity contribution is -0.174. The average molecular weight is 270 g/mol. The van der Waals surface area contributed by atoms with Gasteiger partial charge in [0.2, 0.25) is 0 Å². The van der Waals surface area contributed by atoms with Gasteiger partial charge in [-0.05, 0) is 24.6 Å². The van der Waals surface area contributed by atoms with Crippen molar-refractivity contribution in [2.75, 3.05) is 0 Å². The Morgan fingerprint density at radius 2 is 2.00 bits per heavy atom. The summed E-state index contributed by atoms with van der Waals surface area (Å²) in [5.74, 6) is -2.82. The normalized spacial score (nSPS) is 13.3. The number of amides is 1. The first-order valence-corrected chi connectivity index (χ1v) is 4.92. The number of hydrogen-bond donors (Lipinski definition) is 1. The van der Waals surface area contributed by atoms with Crippen molar-refractivity contribution < 1.29 is 22.4 Å². The molecule has 0 radical (unpaired) electrons. The van der Waals surface area contributed by atoms with Gasteiger partial charge < -0.3 is 5.32 Å². The molecule has 1 N–H and O–H groups in total. The third kappa shape index (κ3) is 3.59. The van der Waals surface area contributed by atoms with E-state index in [0.29, 0.717) is 0 Å². The van der Waals surface area contributed by atoms with Gasteiger partial charge in [0.05, 0.1) is 11.1 Å². The van der Waals surface area contributed by atoms with Crippen LogP contribution in [0.15, 0.2) is 18.2 Å². The molecule has 0 aromatic heterocycles. The molecule has 0 heterocycles. The number of carbonyl (C=O) groups excluding carboxylic acids is 1. The second kappa shape index (κ2) is 4.91. The van der Waals surface area contributed by atoms with Crippen LogP contribution in [0.5, 0.6) is 0 Å². The Labute approximate surface area is 99.6 Å². The van der Waals surface area contributed by atoms with Crippen molar-refractivity contribution in [2.24, 2.45) is 0 Å². The van der Waals surface area contributed by atoms with Crippen molar-refractivity contribution in [2.45, 2.75) is 19.1 Å². The van der Waals surface area contributed by atoms with Crippen molar-refractivity contribution in [3.8, 4) is 0 Å². The number of hydrogen-bond acceptors (Lipinski definition) is 1. The van der Waals surface area contributed by atoms with Gasteiger partial charge in [-0.25, -0.2) is 4.39 Å². The van der Waals surface area contributed by atoms with Crippen LogP contribution in [0.1, 0.15) is 18.5 Å². The highest BCUT2D eigenvalue weighted by atomic mass is 35.5. The van der Waals surface area contributed by atoms with Gasteiger partial charge in [-0.15, -0.1) is 0 Å². The summed E-state index contributed by atoms with van der Waals surface area (Å²) in [5, 5.41) is 1.57. The molecule has 0 aliphatic heterocycles. The van der Waals surface area contributed by atoms with Crippen LogP contribution in [0.25, 0.3) is 0 Å². The Morgan fingerprint density at radius 3 is 2.47 bits per heavy atom. The molecule has 17 heavy (non-hydrogen) atoms. The lowest BCUT2D eigenvalue weighted by Crippen LogP contribution is -2.38. The molecule has 0 saturated heterocycles. The Bertz CT molecular complexity index is 433. The Morgan fingerprint density at radius 1 is 1.41 bits per heavy atom. The smallest absolute Gasteiger partial charge is 0.342 e. The maximum atomic E-state index is 13.0. The van der Waals surface area contributed by atoms with E-state index in [-0.39, 0.29) is 10.6 Å². The predicted molar refractivity (Wildman–Crippen MR) is 54.0 cm³/mol. The van der Waals surface area contributed by atoms with Crippen LogP contribution in [-0.2, 0) is 4.79 Å². The summed E-state index contributed by atoms with van der Waals surface area (Å²) in [6, 6.07) is 2.56. The Balaban J connectivity index is 2.80. The van der Waals surface area contributed by atoms with E-state index in [0.717, 1.165) is 6.07 Å². The van der Waals surface area contributed by atoms with E-state index in [1.807, 2.05) is 0 Å². The zero-order valence-electron chi connectivity index (χ0n) is 8.61. The van der Waals surface area contributed by atoms with E-state index in [9.17, 15) is 22.4 Å². The zero-order valence-corrected chi connectivity index (χ0v) is 9.36. The minimum atomic E-state index is -4.96. The number of carbonyl (C=O) groups is 1. The van der Waals surface area contributed by atoms with Crippen molar-refractivity contribution in [1.82, 2.24) is 5.32 Å². The molecule has 1 rings (SSSR count). The fourth-order valence-corrected chi connectivity index (χ4v) is 1.26. The largest absolute Gasteiger partial charge is 0.471 e. The number of nitrogens with one attached hydrogen (secondary N) is 1. The predicted octanol–water partition coefficient (Wildman–Crippen LogP) is 3.22. The van der Waals surface area contributed by atoms with Gasteiger partial charge in [-0.3, -0.25) is 4.79 Å². The quantitative estimate of drug-likeness (QED) is 0.821. The molecule has 0 fully saturated rings. The minimum Gasteiger partial charge on any atom is -0.342 e. The molecule has 0 bridgehead atoms. The SMILES string of the molecule is CC(NC(=O)C(F)(F)F)c1ccc(Cl)c(F)c1. The minimum absolute atomic E-state index is 0.136. The van der Waals surface area contributed by atoms with Crippen molar-refractivity contribution in [1.29, 1.82) is 0 Å². The van der Waals surface area contributed by atoms with Crippen LogP contribution in [0.4, 0.5) is 17.6 Å². The molecule has 1 aromatic rings. The monoisotopic (exact) mass is 269 g/mol. The average Bonchev–Trinajstić information content (AvgIpc) is 2.20. The fourth-order valence-electron chi connectivity index (χ4n) is 1.14. The molecule has 2 nitrogen and oxygen atoms in total. The lowest BCUT2D eigenvalue weighted by Gasteiger charge is -2.15. The molecular weight excluding hydrogens is 262 g/mol. The van der Waals surface area contributed by atoms with Gasteiger partial charge in [0.25, 0.3) is 0 Å². The molecule has 94 valence electrons. The number of benzene rings is 1. The molecule has 0 spiro atoms. The van der Waals surface area contributed by atoms with E-state index in [4.69, 9.17) is 11.6 Å². The molecule has 0 aliphatic carbocycles. The zero-order chi connectivity index (χ0) is 13.2. The molecule has 1 amide bonds. The Hall–Kier alpha value is -1.30. The summed E-state index contributed by atoms with van der Waals surface area (Å²) in [6.07, 6.45) is -4.96. The third-order valence-corrected chi connectivity index (χ3v) is 2.36. The van der Waals surface area contributed by atoms with E-state index in [2.05, 4.69) is 0 Å². The topological polar surface area (TPSA) is 29.1 Å². The van der Waals surface area contributed by atoms with E-state index in [1.165, 1.54) is 19.1 Å². The molecule has 1 aromatic carbocycles. The van der Waals surface area contributed by atoms with Crippen molar-refractivity contribution >= 4 is 17.5 Å². The third-order valence-electron chi connectivity index (χ3n) is 2.05. The van der Waals surface area contributed by atoms with Crippen LogP contribution in [0, 0.1) is 5.82 Å². The van der Waals surface area contributed by atoms with Gasteiger partial charge in [0, 0.05) is 0 Å². The molecule has 1 atom stereocenters. The van der Waals surface area contributed by atoms with Crippen LogP contribution in [0.3, 0.4) is 0 Å². The van der Waals surface area contributed by atoms with Crippen LogP contribution >= 0.6 is 11.6 Å². The maximum Gasteiger partial charge on any atom is 0.471 e. The molecule has 1 unspecified atom stereocenters. The van der Waals surface area contributed by atoms with Gasteiger partial charge >= 0.3 is 12.1 Å². The molecular formula is C10H8ClF4NO. The van der Waals surface area contributed by atoms with Crippen LogP contribution in [-0.4, -0.2) is 12.1 Å². The van der Waals surface area contributed by atoms with Crippen molar-refractivity contribution in [3.05, 3.63) is 34.6 Å². The van der Waals surface area contributed by atoms with Crippen molar-refractivity contribution in [3.63, 3.8) is 0 Å². The fraction of sp³-hybridized carbons (Fsp3) is 0.300. The second-order valence-electron chi connectivity index (χ2n) is 3.37. The van der Waals surface area contributed by atoms with E-state index < -0.39 is 23.9 Å². The molecule has 0 saturated carbocycles. The molecule has 7 heteroatoms. The van der Waals surface area contributed by atoms with Gasteiger partial charge in [-0.1, -0.05) is 17.7 Å². The van der Waals surface area contributed by atoms with Gasteiger partial charge in [-0.2, -0.15) is 13.2 Å². The summed E-state index contributed by atoms with van der Waals surface area (Å²) in [5.41, 5.74) is 0.199. The van der Waals surface area contributed by atoms with Crippen LogP contribution in [0.2, 0.25) is 5.02 Å². The second-order valence-corrected chi connectivity index (χ2v) is 3.77. The highest BCUT2D eigenvalue weighted by molar-refractivity contribution is 6.30. The summed E-state index contributed by atoms with van der Waals surface area (Å²) >= 11 is 5.42. The number of rotatable bonds is 2. The number of alkyl halides is 3. The standard InChI is InChI=1S/C10H8ClF4NO/c1-5(16-9(17)10(13,14)15)6-2-3-7(11)8(12)4-6/h2-5H,1H3,(H,16,17). The summed E-state index contributed by atoms with van der Waals surface area (Å²) in [7, 11) is 0. The van der Waals surface area contributed by atoms with Crippen LogP contribution < -0.4 is 5.32 Å². The molecule has 0 aliphatic rings. The summed E-state index contributed by atoms with van der Waals surface area (Å²) in [6.45, 7) is 1.31. The highest BCUT2D eigenvalue weighted by Crippen LogP contribution is 2.22. The lowest BCUT2D eigenvalue weighted by atomic mass is 10.1. The first-order chi connectivity index (χ1) is 7.71. The van der Waals surface area contributed by atoms with Gasteiger partial charge in [0.1, 0.15) is 5.82 Å². The summed E-state index contributed by atoms with van der Waals surface area (Å²) in [4.78, 5) is 10.6. The number of halogens is 5. The van der Waals surface area contributed by atoms with Gasteiger partial charge in [0.15, 0.2) is 0 Å². The van der Waals surface area contributed by atoms with E-state index in [1.54, 1.807) is 5.32 Å². The first-order valence-electron chi connectivity index (χ1n) is 4.54. The highest BCUT2D eigenvalue weighted by Gasteiger charge is 2.39. The summed E-state index contributed by atoms with van der Waals surface area (Å²) < 4.78 is 48.9. The first kappa shape index (κ1) is 13.8.